The summed E-state index contributed by atoms with van der Waals surface area (Å²) in [6.07, 6.45) is 5.60. The van der Waals surface area contributed by atoms with Gasteiger partial charge >= 0.3 is 6.03 Å². The van der Waals surface area contributed by atoms with Crippen LogP contribution in [0.15, 0.2) is 24.3 Å². The molecule has 1 heterocycles. The third-order valence-corrected chi connectivity index (χ3v) is 4.45. The van der Waals surface area contributed by atoms with Gasteiger partial charge in [-0.15, -0.1) is 0 Å². The van der Waals surface area contributed by atoms with E-state index in [0.29, 0.717) is 6.42 Å². The smallest absolute Gasteiger partial charge is 0.312 e. The van der Waals surface area contributed by atoms with Crippen LogP contribution in [0.5, 0.6) is 0 Å². The number of benzene rings is 1. The number of amides is 3. The van der Waals surface area contributed by atoms with Crippen LogP contribution >= 0.6 is 0 Å². The average Bonchev–Trinajstić information content (AvgIpc) is 2.83. The van der Waals surface area contributed by atoms with Crippen LogP contribution in [-0.4, -0.2) is 31.1 Å². The van der Waals surface area contributed by atoms with Crippen molar-refractivity contribution in [3.05, 3.63) is 24.3 Å². The third-order valence-electron chi connectivity index (χ3n) is 4.45. The van der Waals surface area contributed by atoms with Crippen LogP contribution in [0.2, 0.25) is 0 Å². The molecule has 25 heavy (non-hydrogen) atoms. The molecule has 1 aliphatic rings. The van der Waals surface area contributed by atoms with Gasteiger partial charge in [-0.1, -0.05) is 26.7 Å². The molecular formula is C19H30N4O2. The maximum atomic E-state index is 12.4. The number of nitrogens with zero attached hydrogens (tertiary/aromatic N) is 1. The van der Waals surface area contributed by atoms with Crippen molar-refractivity contribution >= 4 is 23.3 Å². The predicted molar refractivity (Wildman–Crippen MR) is 102 cm³/mol. The molecule has 1 aliphatic heterocycles. The zero-order chi connectivity index (χ0) is 18.2. The highest BCUT2D eigenvalue weighted by Gasteiger charge is 2.21. The largest absolute Gasteiger partial charge is 0.372 e. The topological polar surface area (TPSA) is 87.5 Å². The lowest BCUT2D eigenvalue weighted by Crippen LogP contribution is -2.46. The van der Waals surface area contributed by atoms with Gasteiger partial charge in [-0.2, -0.15) is 0 Å². The van der Waals surface area contributed by atoms with E-state index in [9.17, 15) is 9.59 Å². The number of nitrogens with two attached hydrogens (primary N) is 1. The van der Waals surface area contributed by atoms with Gasteiger partial charge in [0.15, 0.2) is 0 Å². The van der Waals surface area contributed by atoms with Gasteiger partial charge in [0.25, 0.3) is 0 Å². The number of urea groups is 1. The summed E-state index contributed by atoms with van der Waals surface area (Å²) in [7, 11) is 0. The standard InChI is InChI=1S/C19H30N4O2/c1-14(2)13-17(22-19(20)25)18(24)21-15-7-9-16(10-8-15)23-11-5-3-4-6-12-23/h7-10,14,17H,3-6,11-13H2,1-2H3,(H,21,24)(H3,20,22,25)/t17-/m0/s1. The first kappa shape index (κ1) is 19.1. The molecule has 0 saturated carbocycles. The minimum atomic E-state index is -0.683. The van der Waals surface area contributed by atoms with E-state index in [0.717, 1.165) is 18.8 Å². The Kier molecular flexibility index (Phi) is 7.10. The molecule has 0 radical (unpaired) electrons. The average molecular weight is 346 g/mol. The highest BCUT2D eigenvalue weighted by atomic mass is 16.2. The van der Waals surface area contributed by atoms with Crippen LogP contribution in [0, 0.1) is 5.92 Å². The first-order valence-corrected chi connectivity index (χ1v) is 9.17. The Balaban J connectivity index is 1.98. The highest BCUT2D eigenvalue weighted by molar-refractivity contribution is 5.96. The molecule has 138 valence electrons. The molecule has 1 aromatic rings. The molecule has 3 amide bonds. The minimum Gasteiger partial charge on any atom is -0.372 e. The fourth-order valence-corrected chi connectivity index (χ4v) is 3.19. The van der Waals surface area contributed by atoms with Crippen molar-refractivity contribution in [1.82, 2.24) is 5.32 Å². The second-order valence-corrected chi connectivity index (χ2v) is 7.13. The Morgan fingerprint density at radius 3 is 2.20 bits per heavy atom. The molecule has 1 atom stereocenters. The molecule has 0 spiro atoms. The third kappa shape index (κ3) is 6.29. The maximum absolute atomic E-state index is 12.4. The Morgan fingerprint density at radius 2 is 1.68 bits per heavy atom. The van der Waals surface area contributed by atoms with Crippen molar-refractivity contribution in [2.75, 3.05) is 23.3 Å². The fourth-order valence-electron chi connectivity index (χ4n) is 3.19. The Morgan fingerprint density at radius 1 is 1.08 bits per heavy atom. The summed E-state index contributed by atoms with van der Waals surface area (Å²) in [5, 5.41) is 5.39. The fraction of sp³-hybridized carbons (Fsp3) is 0.579. The second kappa shape index (κ2) is 9.30. The maximum Gasteiger partial charge on any atom is 0.312 e. The molecule has 1 fully saturated rings. The van der Waals surface area contributed by atoms with Gasteiger partial charge in [-0.05, 0) is 49.4 Å². The summed E-state index contributed by atoms with van der Waals surface area (Å²) >= 11 is 0. The van der Waals surface area contributed by atoms with E-state index >= 15 is 0 Å². The van der Waals surface area contributed by atoms with Gasteiger partial charge in [-0.25, -0.2) is 4.79 Å². The lowest BCUT2D eigenvalue weighted by atomic mass is 10.0. The van der Waals surface area contributed by atoms with Crippen LogP contribution in [0.1, 0.15) is 46.0 Å². The van der Waals surface area contributed by atoms with Crippen LogP contribution in [0.3, 0.4) is 0 Å². The second-order valence-electron chi connectivity index (χ2n) is 7.13. The van der Waals surface area contributed by atoms with Crippen molar-refractivity contribution in [3.63, 3.8) is 0 Å². The van der Waals surface area contributed by atoms with Crippen LogP contribution in [0.4, 0.5) is 16.2 Å². The lowest BCUT2D eigenvalue weighted by molar-refractivity contribution is -0.118. The normalized spacial score (nSPS) is 16.2. The molecule has 0 unspecified atom stereocenters. The minimum absolute atomic E-state index is 0.241. The monoisotopic (exact) mass is 346 g/mol. The predicted octanol–water partition coefficient (Wildman–Crippen LogP) is 3.09. The summed E-state index contributed by atoms with van der Waals surface area (Å²) < 4.78 is 0. The van der Waals surface area contributed by atoms with E-state index < -0.39 is 12.1 Å². The zero-order valence-corrected chi connectivity index (χ0v) is 15.3. The SMILES string of the molecule is CC(C)C[C@H](NC(N)=O)C(=O)Nc1ccc(N2CCCCCC2)cc1. The summed E-state index contributed by atoms with van der Waals surface area (Å²) in [5.74, 6) is 0.0306. The number of nitrogens with one attached hydrogen (secondary N) is 2. The first-order valence-electron chi connectivity index (χ1n) is 9.17. The van der Waals surface area contributed by atoms with Gasteiger partial charge in [0.2, 0.25) is 5.91 Å². The molecule has 6 heteroatoms. The number of carbonyl (C=O) groups excluding carboxylic acids is 2. The van der Waals surface area contributed by atoms with Crippen molar-refractivity contribution < 1.29 is 9.59 Å². The first-order chi connectivity index (χ1) is 12.0. The van der Waals surface area contributed by atoms with Gasteiger partial charge < -0.3 is 21.3 Å². The van der Waals surface area contributed by atoms with E-state index in [1.807, 2.05) is 38.1 Å². The number of rotatable bonds is 6. The lowest BCUT2D eigenvalue weighted by Gasteiger charge is -2.23. The number of hydrogen-bond donors (Lipinski definition) is 3. The Bertz CT molecular complexity index is 563. The van der Waals surface area contributed by atoms with Gasteiger partial charge in [0.05, 0.1) is 0 Å². The van der Waals surface area contributed by atoms with Crippen LogP contribution in [0.25, 0.3) is 0 Å². The van der Waals surface area contributed by atoms with E-state index in [1.165, 1.54) is 31.4 Å². The molecule has 1 saturated heterocycles. The number of anilines is 2. The number of hydrogen-bond acceptors (Lipinski definition) is 3. The van der Waals surface area contributed by atoms with E-state index in [1.54, 1.807) is 0 Å². The van der Waals surface area contributed by atoms with Crippen molar-refractivity contribution in [2.24, 2.45) is 11.7 Å². The van der Waals surface area contributed by atoms with E-state index in [4.69, 9.17) is 5.73 Å². The van der Waals surface area contributed by atoms with E-state index in [-0.39, 0.29) is 11.8 Å². The van der Waals surface area contributed by atoms with Crippen molar-refractivity contribution in [2.45, 2.75) is 52.0 Å². The van der Waals surface area contributed by atoms with Gasteiger partial charge in [-0.3, -0.25) is 4.79 Å². The Labute approximate surface area is 150 Å². The van der Waals surface area contributed by atoms with E-state index in [2.05, 4.69) is 15.5 Å². The Hall–Kier alpha value is -2.24. The van der Waals surface area contributed by atoms with Crippen LogP contribution < -0.4 is 21.3 Å². The highest BCUT2D eigenvalue weighted by Crippen LogP contribution is 2.22. The van der Waals surface area contributed by atoms with Crippen molar-refractivity contribution in [3.8, 4) is 0 Å². The molecule has 0 bridgehead atoms. The summed E-state index contributed by atoms with van der Waals surface area (Å²) in [5.41, 5.74) is 7.09. The molecule has 6 nitrogen and oxygen atoms in total. The van der Waals surface area contributed by atoms with Crippen LogP contribution in [-0.2, 0) is 4.79 Å². The molecule has 0 aromatic heterocycles. The van der Waals surface area contributed by atoms with Gasteiger partial charge in [0.1, 0.15) is 6.04 Å². The summed E-state index contributed by atoms with van der Waals surface area (Å²) in [4.78, 5) is 25.9. The number of carbonyl (C=O) groups is 2. The quantitative estimate of drug-likeness (QED) is 0.739. The molecule has 0 aliphatic carbocycles. The summed E-state index contributed by atoms with van der Waals surface area (Å²) in [6.45, 7) is 6.17. The number of primary amides is 1. The molecule has 1 aromatic carbocycles. The molecular weight excluding hydrogens is 316 g/mol. The zero-order valence-electron chi connectivity index (χ0n) is 15.3. The van der Waals surface area contributed by atoms with Crippen molar-refractivity contribution in [1.29, 1.82) is 0 Å². The molecule has 2 rings (SSSR count). The van der Waals surface area contributed by atoms with Gasteiger partial charge in [0, 0.05) is 24.5 Å². The molecule has 4 N–H and O–H groups in total. The summed E-state index contributed by atoms with van der Waals surface area (Å²) in [6, 6.07) is 6.60.